The van der Waals surface area contributed by atoms with Crippen molar-refractivity contribution in [2.45, 2.75) is 20.0 Å². The minimum absolute atomic E-state index is 0.0850. The van der Waals surface area contributed by atoms with Gasteiger partial charge in [0.2, 0.25) is 0 Å². The number of benzene rings is 2. The van der Waals surface area contributed by atoms with Gasteiger partial charge < -0.3 is 10.2 Å². The second-order valence-corrected chi connectivity index (χ2v) is 6.86. The van der Waals surface area contributed by atoms with Crippen LogP contribution < -0.4 is 5.32 Å². The van der Waals surface area contributed by atoms with E-state index >= 15 is 0 Å². The first-order valence-corrected chi connectivity index (χ1v) is 9.56. The molecule has 0 radical (unpaired) electrons. The molecule has 4 nitrogen and oxygen atoms in total. The fraction of sp³-hybridized carbons (Fsp3) is 0.238. The van der Waals surface area contributed by atoms with Crippen molar-refractivity contribution in [3.8, 4) is 0 Å². The van der Waals surface area contributed by atoms with E-state index in [0.29, 0.717) is 29.9 Å². The van der Waals surface area contributed by atoms with Crippen LogP contribution in [0.4, 0.5) is 29.1 Å². The molecule has 0 aliphatic heterocycles. The molecule has 1 N–H and O–H groups in total. The first-order valence-electron chi connectivity index (χ1n) is 9.18. The molecule has 3 aromatic rings. The van der Waals surface area contributed by atoms with Crippen molar-refractivity contribution < 1.29 is 22.4 Å². The Hall–Kier alpha value is -2.87. The monoisotopic (exact) mass is 439 g/mol. The van der Waals surface area contributed by atoms with E-state index in [1.165, 1.54) is 12.3 Å². The SMILES string of the molecule is CCN(CC)C(=O)c1cnc(Nc2cccc(C(F)(F)F)c2F)c2cccc(Cl)c12. The van der Waals surface area contributed by atoms with Crippen LogP contribution in [0.25, 0.3) is 10.8 Å². The largest absolute Gasteiger partial charge is 0.419 e. The molecule has 0 saturated heterocycles. The summed E-state index contributed by atoms with van der Waals surface area (Å²) in [6.45, 7) is 4.64. The van der Waals surface area contributed by atoms with Crippen LogP contribution >= 0.6 is 11.6 Å². The third-order valence-corrected chi connectivity index (χ3v) is 5.01. The molecular weight excluding hydrogens is 422 g/mol. The highest BCUT2D eigenvalue weighted by atomic mass is 35.5. The molecule has 3 rings (SSSR count). The standard InChI is InChI=1S/C21H18ClF4N3O/c1-3-29(4-2)20(30)13-11-27-19(12-7-5-9-15(22)17(12)13)28-16-10-6-8-14(18(16)23)21(24,25)26/h5-11H,3-4H2,1-2H3,(H,27,28). The molecule has 1 aromatic heterocycles. The summed E-state index contributed by atoms with van der Waals surface area (Å²) in [6.07, 6.45) is -3.54. The Morgan fingerprint density at radius 3 is 2.43 bits per heavy atom. The quantitative estimate of drug-likeness (QED) is 0.476. The summed E-state index contributed by atoms with van der Waals surface area (Å²) in [5.74, 6) is -1.63. The van der Waals surface area contributed by atoms with Crippen molar-refractivity contribution in [3.05, 3.63) is 64.6 Å². The minimum atomic E-state index is -4.83. The summed E-state index contributed by atoms with van der Waals surface area (Å²) in [5, 5.41) is 3.66. The Labute approximate surface area is 175 Å². The summed E-state index contributed by atoms with van der Waals surface area (Å²) >= 11 is 6.34. The van der Waals surface area contributed by atoms with Gasteiger partial charge in [-0.05, 0) is 32.0 Å². The number of amides is 1. The third kappa shape index (κ3) is 4.05. The lowest BCUT2D eigenvalue weighted by atomic mass is 10.1. The zero-order chi connectivity index (χ0) is 22.1. The van der Waals surface area contributed by atoms with Gasteiger partial charge in [-0.15, -0.1) is 0 Å². The predicted molar refractivity (Wildman–Crippen MR) is 109 cm³/mol. The van der Waals surface area contributed by atoms with Gasteiger partial charge in [-0.3, -0.25) is 4.79 Å². The molecule has 1 heterocycles. The Bertz CT molecular complexity index is 1100. The van der Waals surface area contributed by atoms with Crippen LogP contribution in [-0.4, -0.2) is 28.9 Å². The first kappa shape index (κ1) is 21.8. The molecule has 0 unspecified atom stereocenters. The summed E-state index contributed by atoms with van der Waals surface area (Å²) < 4.78 is 53.5. The summed E-state index contributed by atoms with van der Waals surface area (Å²) in [5.41, 5.74) is -1.51. The van der Waals surface area contributed by atoms with Gasteiger partial charge in [-0.1, -0.05) is 29.8 Å². The van der Waals surface area contributed by atoms with Crippen molar-refractivity contribution >= 4 is 39.8 Å². The summed E-state index contributed by atoms with van der Waals surface area (Å²) in [6, 6.07) is 7.76. The van der Waals surface area contributed by atoms with Crippen LogP contribution in [0.1, 0.15) is 29.8 Å². The lowest BCUT2D eigenvalue weighted by Gasteiger charge is -2.20. The molecule has 0 saturated carbocycles. The third-order valence-electron chi connectivity index (χ3n) is 4.70. The van der Waals surface area contributed by atoms with Gasteiger partial charge in [0.25, 0.3) is 5.91 Å². The average Bonchev–Trinajstić information content (AvgIpc) is 2.70. The summed E-state index contributed by atoms with van der Waals surface area (Å²) in [4.78, 5) is 18.7. The molecule has 30 heavy (non-hydrogen) atoms. The minimum Gasteiger partial charge on any atom is -0.339 e. The Morgan fingerprint density at radius 1 is 1.13 bits per heavy atom. The Balaban J connectivity index is 2.14. The maximum absolute atomic E-state index is 14.4. The molecule has 0 aliphatic rings. The number of hydrogen-bond donors (Lipinski definition) is 1. The van der Waals surface area contributed by atoms with E-state index in [2.05, 4.69) is 10.3 Å². The molecule has 0 spiro atoms. The second-order valence-electron chi connectivity index (χ2n) is 6.45. The van der Waals surface area contributed by atoms with Gasteiger partial charge in [-0.25, -0.2) is 9.37 Å². The van der Waals surface area contributed by atoms with Crippen molar-refractivity contribution in [3.63, 3.8) is 0 Å². The number of alkyl halides is 3. The molecule has 158 valence electrons. The van der Waals surface area contributed by atoms with Crippen LogP contribution in [0.15, 0.2) is 42.6 Å². The Morgan fingerprint density at radius 2 is 1.80 bits per heavy atom. The topological polar surface area (TPSA) is 45.2 Å². The van der Waals surface area contributed by atoms with Crippen LogP contribution in [0.5, 0.6) is 0 Å². The van der Waals surface area contributed by atoms with Gasteiger partial charge >= 0.3 is 6.18 Å². The molecule has 0 bridgehead atoms. The van der Waals surface area contributed by atoms with E-state index in [1.54, 1.807) is 23.1 Å². The van der Waals surface area contributed by atoms with E-state index in [-0.39, 0.29) is 28.0 Å². The van der Waals surface area contributed by atoms with E-state index in [0.717, 1.165) is 6.07 Å². The first-order chi connectivity index (χ1) is 14.2. The summed E-state index contributed by atoms with van der Waals surface area (Å²) in [7, 11) is 0. The van der Waals surface area contributed by atoms with Crippen LogP contribution in [-0.2, 0) is 6.18 Å². The fourth-order valence-electron chi connectivity index (χ4n) is 3.18. The number of hydrogen-bond acceptors (Lipinski definition) is 3. The maximum atomic E-state index is 14.4. The Kier molecular flexibility index (Phi) is 6.17. The highest BCUT2D eigenvalue weighted by Gasteiger charge is 2.35. The molecule has 0 atom stereocenters. The van der Waals surface area contributed by atoms with Gasteiger partial charge in [0.1, 0.15) is 5.82 Å². The lowest BCUT2D eigenvalue weighted by Crippen LogP contribution is -2.30. The number of fused-ring (bicyclic) bond motifs is 1. The van der Waals surface area contributed by atoms with Crippen LogP contribution in [0.3, 0.4) is 0 Å². The van der Waals surface area contributed by atoms with Crippen molar-refractivity contribution in [1.29, 1.82) is 0 Å². The molecule has 0 fully saturated rings. The number of anilines is 2. The van der Waals surface area contributed by atoms with Gasteiger partial charge in [-0.2, -0.15) is 13.2 Å². The average molecular weight is 440 g/mol. The van der Waals surface area contributed by atoms with Gasteiger partial charge in [0.15, 0.2) is 5.82 Å². The van der Waals surface area contributed by atoms with E-state index in [9.17, 15) is 22.4 Å². The molecule has 1 amide bonds. The number of carbonyl (C=O) groups is 1. The molecular formula is C21H18ClF4N3O. The number of carbonyl (C=O) groups excluding carboxylic acids is 1. The molecule has 2 aromatic carbocycles. The number of rotatable bonds is 5. The molecule has 9 heteroatoms. The van der Waals surface area contributed by atoms with Crippen molar-refractivity contribution in [1.82, 2.24) is 9.88 Å². The number of pyridine rings is 1. The normalized spacial score (nSPS) is 11.6. The van der Waals surface area contributed by atoms with Crippen LogP contribution in [0, 0.1) is 5.82 Å². The zero-order valence-electron chi connectivity index (χ0n) is 16.1. The van der Waals surface area contributed by atoms with Crippen LogP contribution in [0.2, 0.25) is 5.02 Å². The van der Waals surface area contributed by atoms with Gasteiger partial charge in [0, 0.05) is 35.1 Å². The van der Waals surface area contributed by atoms with Gasteiger partial charge in [0.05, 0.1) is 16.8 Å². The number of halogens is 5. The second kappa shape index (κ2) is 8.47. The van der Waals surface area contributed by atoms with E-state index in [1.807, 2.05) is 13.8 Å². The van der Waals surface area contributed by atoms with E-state index < -0.39 is 17.6 Å². The maximum Gasteiger partial charge on any atom is 0.419 e. The number of nitrogens with zero attached hydrogens (tertiary/aromatic N) is 2. The lowest BCUT2D eigenvalue weighted by molar-refractivity contribution is -0.139. The molecule has 0 aliphatic carbocycles. The highest BCUT2D eigenvalue weighted by Crippen LogP contribution is 2.37. The number of aromatic nitrogens is 1. The zero-order valence-corrected chi connectivity index (χ0v) is 16.9. The highest BCUT2D eigenvalue weighted by molar-refractivity contribution is 6.37. The van der Waals surface area contributed by atoms with Crippen molar-refractivity contribution in [2.24, 2.45) is 0 Å². The smallest absolute Gasteiger partial charge is 0.339 e. The fourth-order valence-corrected chi connectivity index (χ4v) is 3.45. The van der Waals surface area contributed by atoms with Crippen molar-refractivity contribution in [2.75, 3.05) is 18.4 Å². The number of nitrogens with one attached hydrogen (secondary N) is 1. The predicted octanol–water partition coefficient (Wildman–Crippen LogP) is 6.27. The van der Waals surface area contributed by atoms with E-state index in [4.69, 9.17) is 11.6 Å².